The number of nitrogens with two attached hydrogens (primary N) is 1. The van der Waals surface area contributed by atoms with Crippen LogP contribution in [0.3, 0.4) is 0 Å². The lowest BCUT2D eigenvalue weighted by molar-refractivity contribution is -0.123. The number of aliphatic hydroxyl groups is 1. The molecule has 170 valence electrons. The van der Waals surface area contributed by atoms with Crippen LogP contribution in [0.2, 0.25) is 0 Å². The summed E-state index contributed by atoms with van der Waals surface area (Å²) in [6.45, 7) is 4.14. The smallest absolute Gasteiger partial charge is 0.247 e. The van der Waals surface area contributed by atoms with Crippen LogP contribution in [0.1, 0.15) is 37.8 Å². The Hall–Kier alpha value is -2.02. The molecule has 3 aliphatic rings. The molecule has 1 aromatic rings. The lowest BCUT2D eigenvalue weighted by Gasteiger charge is -2.37. The first-order valence-electron chi connectivity index (χ1n) is 10.7. The summed E-state index contributed by atoms with van der Waals surface area (Å²) in [5.74, 6) is 0.919. The maximum atomic E-state index is 13.1. The van der Waals surface area contributed by atoms with Gasteiger partial charge in [-0.1, -0.05) is 26.0 Å². The van der Waals surface area contributed by atoms with Crippen LogP contribution in [0.15, 0.2) is 18.2 Å². The van der Waals surface area contributed by atoms with Crippen molar-refractivity contribution in [1.29, 1.82) is 0 Å². The molecule has 1 spiro atoms. The van der Waals surface area contributed by atoms with Gasteiger partial charge in [0.15, 0.2) is 11.5 Å². The molecule has 1 aliphatic carbocycles. The first-order valence-corrected chi connectivity index (χ1v) is 12.7. The van der Waals surface area contributed by atoms with E-state index in [-0.39, 0.29) is 6.10 Å². The highest BCUT2D eigenvalue weighted by atomic mass is 31.2. The van der Waals surface area contributed by atoms with E-state index in [9.17, 15) is 14.5 Å². The van der Waals surface area contributed by atoms with E-state index in [1.165, 1.54) is 7.11 Å². The van der Waals surface area contributed by atoms with Gasteiger partial charge < -0.3 is 24.8 Å². The highest BCUT2D eigenvalue weighted by Gasteiger charge is 2.55. The van der Waals surface area contributed by atoms with Gasteiger partial charge >= 0.3 is 0 Å². The molecule has 2 heterocycles. The van der Waals surface area contributed by atoms with Crippen molar-refractivity contribution in [2.24, 2.45) is 5.73 Å². The maximum Gasteiger partial charge on any atom is 0.247 e. The molecule has 1 aromatic carbocycles. The van der Waals surface area contributed by atoms with E-state index in [1.54, 1.807) is 6.08 Å². The summed E-state index contributed by atoms with van der Waals surface area (Å²) in [6.07, 6.45) is 4.36. The molecule has 9 heteroatoms. The average molecular weight is 450 g/mol. The predicted molar refractivity (Wildman–Crippen MR) is 117 cm³/mol. The third-order valence-electron chi connectivity index (χ3n) is 6.90. The summed E-state index contributed by atoms with van der Waals surface area (Å²) in [5, 5.41) is 10.3. The standard InChI is InChI=1S/C22H31N2O6P/c1-5-31(27,6-2)30-16-9-13-12-24(3)15(21(23)26)11-22-8-7-14(25)10-17(22)29-20(18(13)22)19(16)28-4/h7-9,14-15,17,25H,5-6,10-12H2,1-4H3,(H2,23,26). The second-order valence-corrected chi connectivity index (χ2v) is 11.7. The molecule has 0 saturated heterocycles. The third kappa shape index (κ3) is 3.45. The maximum absolute atomic E-state index is 13.1. The molecule has 4 unspecified atom stereocenters. The van der Waals surface area contributed by atoms with E-state index in [4.69, 9.17) is 19.7 Å². The second kappa shape index (κ2) is 7.84. The van der Waals surface area contributed by atoms with Gasteiger partial charge in [-0.05, 0) is 25.1 Å². The van der Waals surface area contributed by atoms with Crippen LogP contribution >= 0.6 is 7.37 Å². The monoisotopic (exact) mass is 450 g/mol. The topological polar surface area (TPSA) is 111 Å². The van der Waals surface area contributed by atoms with E-state index >= 15 is 0 Å². The fourth-order valence-corrected chi connectivity index (χ4v) is 6.32. The number of aliphatic hydroxyl groups excluding tert-OH is 1. The molecule has 0 saturated carbocycles. The van der Waals surface area contributed by atoms with Crippen molar-refractivity contribution < 1.29 is 28.5 Å². The summed E-state index contributed by atoms with van der Waals surface area (Å²) < 4.78 is 31.2. The first-order chi connectivity index (χ1) is 14.7. The third-order valence-corrected chi connectivity index (χ3v) is 9.36. The largest absolute Gasteiger partial charge is 0.490 e. The SMILES string of the molecule is CCP(=O)(CC)Oc1cc2c3c(c1OC)OC1CC(O)C=CC31CC(C(N)=O)N(C)C2. The number of nitrogens with zero attached hydrogens (tertiary/aromatic N) is 1. The zero-order chi connectivity index (χ0) is 22.6. The molecule has 4 atom stereocenters. The fraction of sp³-hybridized carbons (Fsp3) is 0.591. The predicted octanol–water partition coefficient (Wildman–Crippen LogP) is 2.40. The summed E-state index contributed by atoms with van der Waals surface area (Å²) in [5.41, 5.74) is 7.00. The van der Waals surface area contributed by atoms with Gasteiger partial charge in [0.2, 0.25) is 19.0 Å². The number of ether oxygens (including phenoxy) is 2. The van der Waals surface area contributed by atoms with Crippen molar-refractivity contribution in [3.63, 3.8) is 0 Å². The summed E-state index contributed by atoms with van der Waals surface area (Å²) in [6, 6.07) is 1.36. The summed E-state index contributed by atoms with van der Waals surface area (Å²) >= 11 is 0. The molecule has 0 bridgehead atoms. The van der Waals surface area contributed by atoms with E-state index in [0.717, 1.165) is 11.1 Å². The van der Waals surface area contributed by atoms with E-state index in [1.807, 2.05) is 37.9 Å². The number of hydrogen-bond acceptors (Lipinski definition) is 7. The molecule has 3 N–H and O–H groups in total. The van der Waals surface area contributed by atoms with Crippen molar-refractivity contribution >= 4 is 13.3 Å². The van der Waals surface area contributed by atoms with Gasteiger partial charge in [-0.3, -0.25) is 14.3 Å². The molecular formula is C22H31N2O6P. The zero-order valence-corrected chi connectivity index (χ0v) is 19.4. The van der Waals surface area contributed by atoms with Crippen molar-refractivity contribution in [3.05, 3.63) is 29.3 Å². The highest BCUT2D eigenvalue weighted by molar-refractivity contribution is 7.59. The number of carbonyl (C=O) groups excluding carboxylic acids is 1. The second-order valence-electron chi connectivity index (χ2n) is 8.66. The number of methoxy groups -OCH3 is 1. The van der Waals surface area contributed by atoms with E-state index in [0.29, 0.717) is 49.0 Å². The molecule has 4 rings (SSSR count). The van der Waals surface area contributed by atoms with Crippen molar-refractivity contribution in [2.45, 2.75) is 56.9 Å². The van der Waals surface area contributed by atoms with Crippen LogP contribution in [0.4, 0.5) is 0 Å². The lowest BCUT2D eigenvalue weighted by atomic mass is 9.67. The Bertz CT molecular complexity index is 971. The minimum atomic E-state index is -2.87. The highest BCUT2D eigenvalue weighted by Crippen LogP contribution is 2.60. The summed E-state index contributed by atoms with van der Waals surface area (Å²) in [4.78, 5) is 14.2. The van der Waals surface area contributed by atoms with E-state index in [2.05, 4.69) is 0 Å². The van der Waals surface area contributed by atoms with Gasteiger partial charge in [-0.15, -0.1) is 0 Å². The Labute approximate surface area is 182 Å². The average Bonchev–Trinajstić information content (AvgIpc) is 2.99. The molecule has 31 heavy (non-hydrogen) atoms. The quantitative estimate of drug-likeness (QED) is 0.506. The van der Waals surface area contributed by atoms with Gasteiger partial charge in [0.1, 0.15) is 6.10 Å². The van der Waals surface area contributed by atoms with Crippen LogP contribution in [0.5, 0.6) is 17.2 Å². The number of hydrogen-bond donors (Lipinski definition) is 2. The van der Waals surface area contributed by atoms with Crippen molar-refractivity contribution in [3.8, 4) is 17.2 Å². The van der Waals surface area contributed by atoms with Gasteiger partial charge in [0.05, 0.1) is 24.7 Å². The Morgan fingerprint density at radius 2 is 2.13 bits per heavy atom. The van der Waals surface area contributed by atoms with Crippen LogP contribution in [-0.2, 0) is 21.3 Å². The normalized spacial score (nSPS) is 29.5. The minimum absolute atomic E-state index is 0.372. The Kier molecular flexibility index (Phi) is 5.61. The molecule has 8 nitrogen and oxygen atoms in total. The summed E-state index contributed by atoms with van der Waals surface area (Å²) in [7, 11) is 0.528. The van der Waals surface area contributed by atoms with Gasteiger partial charge in [0, 0.05) is 30.9 Å². The number of amides is 1. The fourth-order valence-electron chi connectivity index (χ4n) is 5.12. The van der Waals surface area contributed by atoms with Gasteiger partial charge in [-0.2, -0.15) is 0 Å². The number of rotatable bonds is 6. The van der Waals surface area contributed by atoms with Crippen LogP contribution in [0, 0.1) is 0 Å². The van der Waals surface area contributed by atoms with Crippen molar-refractivity contribution in [2.75, 3.05) is 26.5 Å². The Balaban J connectivity index is 1.94. The molecule has 0 aromatic heterocycles. The van der Waals surface area contributed by atoms with Crippen LogP contribution in [0.25, 0.3) is 0 Å². The Morgan fingerprint density at radius 3 is 2.74 bits per heavy atom. The van der Waals surface area contributed by atoms with Crippen LogP contribution < -0.4 is 19.7 Å². The number of primary amides is 1. The minimum Gasteiger partial charge on any atom is -0.490 e. The molecule has 0 fully saturated rings. The van der Waals surface area contributed by atoms with Crippen molar-refractivity contribution in [1.82, 2.24) is 4.90 Å². The Morgan fingerprint density at radius 1 is 1.42 bits per heavy atom. The lowest BCUT2D eigenvalue weighted by Crippen LogP contribution is -2.49. The van der Waals surface area contributed by atoms with Crippen LogP contribution in [-0.4, -0.2) is 60.6 Å². The first kappa shape index (κ1) is 22.2. The molecule has 1 amide bonds. The zero-order valence-electron chi connectivity index (χ0n) is 18.5. The van der Waals surface area contributed by atoms with Gasteiger partial charge in [0.25, 0.3) is 0 Å². The number of carbonyl (C=O) groups is 1. The molecular weight excluding hydrogens is 419 g/mol. The molecule has 2 aliphatic heterocycles. The molecule has 0 radical (unpaired) electrons. The van der Waals surface area contributed by atoms with E-state index < -0.39 is 30.8 Å². The number of likely N-dealkylation sites (N-methyl/N-ethyl adjacent to an activating group) is 1. The van der Waals surface area contributed by atoms with Gasteiger partial charge in [-0.25, -0.2) is 0 Å². The number of benzene rings is 1.